The van der Waals surface area contributed by atoms with E-state index >= 15 is 0 Å². The van der Waals surface area contributed by atoms with Gasteiger partial charge in [0.25, 0.3) is 0 Å². The lowest BCUT2D eigenvalue weighted by molar-refractivity contribution is 0.123. The maximum atomic E-state index is 12.5. The number of carbonyl (C=O) groups is 1. The zero-order chi connectivity index (χ0) is 18.0. The van der Waals surface area contributed by atoms with Crippen LogP contribution >= 0.6 is 0 Å². The summed E-state index contributed by atoms with van der Waals surface area (Å²) in [5.74, 6) is 0.260. The van der Waals surface area contributed by atoms with E-state index < -0.39 is 16.1 Å². The van der Waals surface area contributed by atoms with Crippen LogP contribution in [0.5, 0.6) is 0 Å². The summed E-state index contributed by atoms with van der Waals surface area (Å²) in [4.78, 5) is 11.9. The van der Waals surface area contributed by atoms with E-state index in [0.717, 1.165) is 5.56 Å². The largest absolute Gasteiger partial charge is 0.445 e. The van der Waals surface area contributed by atoms with Gasteiger partial charge in [0.05, 0.1) is 6.04 Å². The molecule has 1 aromatic carbocycles. The van der Waals surface area contributed by atoms with Crippen LogP contribution < -0.4 is 5.32 Å². The Bertz CT molecular complexity index is 838. The molecule has 3 rings (SSSR count). The highest BCUT2D eigenvalue weighted by molar-refractivity contribution is 7.89. The number of benzene rings is 1. The number of sulfonamides is 1. The first-order valence-corrected chi connectivity index (χ1v) is 9.22. The van der Waals surface area contributed by atoms with E-state index in [0.29, 0.717) is 5.69 Å². The fraction of sp³-hybridized carbons (Fsp3) is 0.375. The minimum Gasteiger partial charge on any atom is -0.445 e. The smallest absolute Gasteiger partial charge is 0.407 e. The quantitative estimate of drug-likeness (QED) is 0.863. The molecule has 1 aliphatic heterocycles. The molecule has 1 aliphatic rings. The zero-order valence-electron chi connectivity index (χ0n) is 13.9. The summed E-state index contributed by atoms with van der Waals surface area (Å²) in [5.41, 5.74) is 1.21. The summed E-state index contributed by atoms with van der Waals surface area (Å²) in [6, 6.07) is 9.04. The summed E-state index contributed by atoms with van der Waals surface area (Å²) < 4.78 is 36.4. The maximum Gasteiger partial charge on any atom is 0.407 e. The molecule has 0 bridgehead atoms. The Morgan fingerprint density at radius 1 is 1.32 bits per heavy atom. The van der Waals surface area contributed by atoms with Gasteiger partial charge in [-0.2, -0.15) is 4.31 Å². The molecular weight excluding hydrogens is 346 g/mol. The Hall–Kier alpha value is -2.39. The molecule has 134 valence electrons. The summed E-state index contributed by atoms with van der Waals surface area (Å²) in [6.07, 6.45) is -0.566. The van der Waals surface area contributed by atoms with Crippen molar-refractivity contribution in [3.8, 4) is 0 Å². The van der Waals surface area contributed by atoms with Gasteiger partial charge in [0.15, 0.2) is 5.76 Å². The van der Waals surface area contributed by atoms with Gasteiger partial charge in [0.1, 0.15) is 17.2 Å². The van der Waals surface area contributed by atoms with Crippen LogP contribution in [0.15, 0.2) is 39.8 Å². The first-order chi connectivity index (χ1) is 11.9. The molecule has 8 nitrogen and oxygen atoms in total. The van der Waals surface area contributed by atoms with Crippen LogP contribution in [0.25, 0.3) is 0 Å². The third-order valence-corrected chi connectivity index (χ3v) is 6.03. The fourth-order valence-electron chi connectivity index (χ4n) is 2.63. The van der Waals surface area contributed by atoms with Crippen molar-refractivity contribution in [3.63, 3.8) is 0 Å². The van der Waals surface area contributed by atoms with Crippen LogP contribution in [0.2, 0.25) is 0 Å². The highest BCUT2D eigenvalue weighted by Gasteiger charge is 2.40. The van der Waals surface area contributed by atoms with Crippen molar-refractivity contribution in [3.05, 3.63) is 47.3 Å². The molecule has 0 saturated carbocycles. The van der Waals surface area contributed by atoms with Gasteiger partial charge in [0, 0.05) is 13.1 Å². The molecule has 2 aromatic rings. The number of rotatable bonds is 5. The number of amides is 1. The molecular formula is C16H19N3O5S. The van der Waals surface area contributed by atoms with E-state index in [9.17, 15) is 13.2 Å². The van der Waals surface area contributed by atoms with Crippen LogP contribution in [0.4, 0.5) is 4.79 Å². The van der Waals surface area contributed by atoms with E-state index in [-0.39, 0.29) is 36.4 Å². The molecule has 0 atom stereocenters. The third kappa shape index (κ3) is 3.67. The number of hydrogen-bond acceptors (Lipinski definition) is 6. The first kappa shape index (κ1) is 17.4. The van der Waals surface area contributed by atoms with Gasteiger partial charge in [-0.15, -0.1) is 0 Å². The highest BCUT2D eigenvalue weighted by Crippen LogP contribution is 2.26. The first-order valence-electron chi connectivity index (χ1n) is 7.78. The van der Waals surface area contributed by atoms with Crippen molar-refractivity contribution in [1.29, 1.82) is 0 Å². The van der Waals surface area contributed by atoms with Gasteiger partial charge in [-0.3, -0.25) is 0 Å². The van der Waals surface area contributed by atoms with Crippen molar-refractivity contribution in [2.45, 2.75) is 31.4 Å². The van der Waals surface area contributed by atoms with Gasteiger partial charge in [-0.25, -0.2) is 13.2 Å². The standard InChI is InChI=1S/C16H19N3O5S/c1-11-15(12(2)24-18-11)25(21,22)19-8-14(9-19)17-16(20)23-10-13-6-4-3-5-7-13/h3-7,14H,8-10H2,1-2H3,(H,17,20). The predicted octanol–water partition coefficient (Wildman–Crippen LogP) is 1.59. The van der Waals surface area contributed by atoms with Crippen LogP contribution in [-0.2, 0) is 21.4 Å². The highest BCUT2D eigenvalue weighted by atomic mass is 32.2. The Labute approximate surface area is 145 Å². The Balaban J connectivity index is 1.50. The number of alkyl carbamates (subject to hydrolysis) is 1. The van der Waals surface area contributed by atoms with E-state index in [1.54, 1.807) is 13.8 Å². The lowest BCUT2D eigenvalue weighted by atomic mass is 10.2. The molecule has 1 fully saturated rings. The molecule has 0 radical (unpaired) electrons. The predicted molar refractivity (Wildman–Crippen MR) is 88.3 cm³/mol. The van der Waals surface area contributed by atoms with Gasteiger partial charge in [-0.05, 0) is 19.4 Å². The van der Waals surface area contributed by atoms with Crippen LogP contribution in [0.1, 0.15) is 17.0 Å². The molecule has 25 heavy (non-hydrogen) atoms. The molecule has 2 heterocycles. The maximum absolute atomic E-state index is 12.5. The van der Waals surface area contributed by atoms with E-state index in [1.165, 1.54) is 4.31 Å². The zero-order valence-corrected chi connectivity index (χ0v) is 14.7. The van der Waals surface area contributed by atoms with E-state index in [1.807, 2.05) is 30.3 Å². The average Bonchev–Trinajstić information content (AvgIpc) is 2.88. The minimum atomic E-state index is -3.66. The van der Waals surface area contributed by atoms with Crippen molar-refractivity contribution in [1.82, 2.24) is 14.8 Å². The molecule has 1 saturated heterocycles. The number of ether oxygens (including phenoxy) is 1. The summed E-state index contributed by atoms with van der Waals surface area (Å²) in [7, 11) is -3.66. The third-order valence-electron chi connectivity index (χ3n) is 3.95. The SMILES string of the molecule is Cc1noc(C)c1S(=O)(=O)N1CC(NC(=O)OCc2ccccc2)C1. The fourth-order valence-corrected chi connectivity index (χ4v) is 4.45. The number of aryl methyl sites for hydroxylation is 2. The van der Waals surface area contributed by atoms with Crippen LogP contribution in [0, 0.1) is 13.8 Å². The Morgan fingerprint density at radius 3 is 2.60 bits per heavy atom. The summed E-state index contributed by atoms with van der Waals surface area (Å²) in [6.45, 7) is 3.68. The Morgan fingerprint density at radius 2 is 2.00 bits per heavy atom. The van der Waals surface area contributed by atoms with Crippen molar-refractivity contribution in [2.75, 3.05) is 13.1 Å². The minimum absolute atomic E-state index is 0.0950. The van der Waals surface area contributed by atoms with Gasteiger partial charge >= 0.3 is 6.09 Å². The molecule has 1 aromatic heterocycles. The average molecular weight is 365 g/mol. The number of hydrogen-bond donors (Lipinski definition) is 1. The van der Waals surface area contributed by atoms with Gasteiger partial charge in [-0.1, -0.05) is 35.5 Å². The molecule has 0 aliphatic carbocycles. The van der Waals surface area contributed by atoms with Crippen molar-refractivity contribution >= 4 is 16.1 Å². The second-order valence-electron chi connectivity index (χ2n) is 5.88. The number of carbonyl (C=O) groups excluding carboxylic acids is 1. The second-order valence-corrected chi connectivity index (χ2v) is 7.75. The number of nitrogens with zero attached hydrogens (tertiary/aromatic N) is 2. The molecule has 0 spiro atoms. The van der Waals surface area contributed by atoms with Gasteiger partial charge in [0.2, 0.25) is 10.0 Å². The molecule has 9 heteroatoms. The van der Waals surface area contributed by atoms with E-state index in [2.05, 4.69) is 10.5 Å². The number of aromatic nitrogens is 1. The number of nitrogens with one attached hydrogen (secondary N) is 1. The van der Waals surface area contributed by atoms with Crippen LogP contribution in [0.3, 0.4) is 0 Å². The molecule has 1 N–H and O–H groups in total. The lowest BCUT2D eigenvalue weighted by Crippen LogP contribution is -2.60. The molecule has 1 amide bonds. The van der Waals surface area contributed by atoms with Crippen LogP contribution in [-0.4, -0.2) is 43.1 Å². The van der Waals surface area contributed by atoms with Gasteiger partial charge < -0.3 is 14.6 Å². The summed E-state index contributed by atoms with van der Waals surface area (Å²) >= 11 is 0. The lowest BCUT2D eigenvalue weighted by Gasteiger charge is -2.37. The molecule has 0 unspecified atom stereocenters. The van der Waals surface area contributed by atoms with Crippen molar-refractivity contribution < 1.29 is 22.5 Å². The Kier molecular flexibility index (Phi) is 4.78. The summed E-state index contributed by atoms with van der Waals surface area (Å²) in [5, 5.41) is 6.33. The normalized spacial score (nSPS) is 15.6. The topological polar surface area (TPSA) is 102 Å². The van der Waals surface area contributed by atoms with Crippen molar-refractivity contribution in [2.24, 2.45) is 0 Å². The monoisotopic (exact) mass is 365 g/mol. The second kappa shape index (κ2) is 6.85. The van der Waals surface area contributed by atoms with E-state index in [4.69, 9.17) is 9.26 Å².